The molecule has 25 heavy (non-hydrogen) atoms. The number of anilines is 1. The van der Waals surface area contributed by atoms with E-state index in [1.165, 1.54) is 12.8 Å². The molecule has 0 unspecified atom stereocenters. The summed E-state index contributed by atoms with van der Waals surface area (Å²) < 4.78 is 1.97. The van der Waals surface area contributed by atoms with Crippen LogP contribution >= 0.6 is 0 Å². The van der Waals surface area contributed by atoms with Crippen molar-refractivity contribution < 1.29 is 9.90 Å². The Bertz CT molecular complexity index is 703. The zero-order valence-electron chi connectivity index (χ0n) is 14.7. The molecule has 6 nitrogen and oxygen atoms in total. The number of phenolic OH excluding ortho intramolecular Hbond substituents is 1. The Morgan fingerprint density at radius 2 is 2.00 bits per heavy atom. The number of urea groups is 1. The highest BCUT2D eigenvalue weighted by Gasteiger charge is 2.22. The molecule has 3 N–H and O–H groups in total. The first-order chi connectivity index (χ1) is 12.1. The fourth-order valence-corrected chi connectivity index (χ4v) is 3.34. The van der Waals surface area contributed by atoms with Crippen molar-refractivity contribution in [3.8, 4) is 5.75 Å². The number of aromatic hydroxyl groups is 1. The van der Waals surface area contributed by atoms with Gasteiger partial charge < -0.3 is 10.4 Å². The van der Waals surface area contributed by atoms with Crippen LogP contribution < -0.4 is 10.6 Å². The molecule has 1 heterocycles. The fourth-order valence-electron chi connectivity index (χ4n) is 3.34. The Morgan fingerprint density at radius 1 is 1.28 bits per heavy atom. The lowest BCUT2D eigenvalue weighted by atomic mass is 10.1. The van der Waals surface area contributed by atoms with E-state index >= 15 is 0 Å². The molecule has 0 spiro atoms. The SMILES string of the molecule is Cc1cnn(C2CCCC2)c1NC(=O)NCCCc1ccc(O)cc1. The van der Waals surface area contributed by atoms with Gasteiger partial charge >= 0.3 is 6.03 Å². The van der Waals surface area contributed by atoms with Crippen LogP contribution in [0.3, 0.4) is 0 Å². The maximum atomic E-state index is 12.2. The Labute approximate surface area is 148 Å². The molecule has 0 bridgehead atoms. The minimum Gasteiger partial charge on any atom is -0.508 e. The first-order valence-corrected chi connectivity index (χ1v) is 9.00. The van der Waals surface area contributed by atoms with Crippen LogP contribution in [0.15, 0.2) is 30.5 Å². The molecule has 2 aromatic rings. The second-order valence-electron chi connectivity index (χ2n) is 6.71. The first kappa shape index (κ1) is 17.3. The number of aromatic nitrogens is 2. The highest BCUT2D eigenvalue weighted by Crippen LogP contribution is 2.32. The molecule has 1 saturated carbocycles. The highest BCUT2D eigenvalue weighted by molar-refractivity contribution is 5.89. The van der Waals surface area contributed by atoms with Crippen molar-refractivity contribution in [2.45, 2.75) is 51.5 Å². The zero-order chi connectivity index (χ0) is 17.6. The van der Waals surface area contributed by atoms with Crippen molar-refractivity contribution in [1.29, 1.82) is 0 Å². The van der Waals surface area contributed by atoms with Gasteiger partial charge in [0.05, 0.1) is 12.2 Å². The molecule has 1 aliphatic rings. The summed E-state index contributed by atoms with van der Waals surface area (Å²) in [5, 5.41) is 19.6. The number of amides is 2. The van der Waals surface area contributed by atoms with Crippen LogP contribution in [-0.2, 0) is 6.42 Å². The van der Waals surface area contributed by atoms with Gasteiger partial charge in [-0.2, -0.15) is 5.10 Å². The number of hydrogen-bond donors (Lipinski definition) is 3. The van der Waals surface area contributed by atoms with E-state index in [1.807, 2.05) is 29.9 Å². The summed E-state index contributed by atoms with van der Waals surface area (Å²) in [5.74, 6) is 1.08. The smallest absolute Gasteiger partial charge is 0.320 e. The van der Waals surface area contributed by atoms with Gasteiger partial charge in [-0.3, -0.25) is 5.32 Å². The minimum atomic E-state index is -0.187. The Kier molecular flexibility index (Phi) is 5.58. The molecule has 1 aliphatic carbocycles. The van der Waals surface area contributed by atoms with Gasteiger partial charge in [0.2, 0.25) is 0 Å². The van der Waals surface area contributed by atoms with Crippen LogP contribution in [0.25, 0.3) is 0 Å². The molecule has 3 rings (SSSR count). The van der Waals surface area contributed by atoms with Crippen molar-refractivity contribution in [1.82, 2.24) is 15.1 Å². The molecule has 2 amide bonds. The van der Waals surface area contributed by atoms with Crippen molar-refractivity contribution in [3.63, 3.8) is 0 Å². The molecule has 6 heteroatoms. The van der Waals surface area contributed by atoms with Gasteiger partial charge in [-0.25, -0.2) is 9.48 Å². The standard InChI is InChI=1S/C19H26N4O2/c1-14-13-21-23(16-6-2-3-7-16)18(14)22-19(25)20-12-4-5-15-8-10-17(24)11-9-15/h8-11,13,16,24H,2-7,12H2,1H3,(H2,20,22,25). The van der Waals surface area contributed by atoms with Crippen LogP contribution in [0.5, 0.6) is 5.75 Å². The van der Waals surface area contributed by atoms with E-state index in [4.69, 9.17) is 0 Å². The third kappa shape index (κ3) is 4.53. The van der Waals surface area contributed by atoms with E-state index in [0.29, 0.717) is 12.6 Å². The zero-order valence-corrected chi connectivity index (χ0v) is 14.7. The molecular formula is C19H26N4O2. The number of carbonyl (C=O) groups is 1. The van der Waals surface area contributed by atoms with Crippen molar-refractivity contribution in [2.24, 2.45) is 0 Å². The van der Waals surface area contributed by atoms with Crippen LogP contribution in [0.4, 0.5) is 10.6 Å². The quantitative estimate of drug-likeness (QED) is 0.699. The third-order valence-corrected chi connectivity index (χ3v) is 4.75. The van der Waals surface area contributed by atoms with Gasteiger partial charge in [0.1, 0.15) is 11.6 Å². The number of aryl methyl sites for hydroxylation is 2. The summed E-state index contributed by atoms with van der Waals surface area (Å²) >= 11 is 0. The average Bonchev–Trinajstić information content (AvgIpc) is 3.24. The van der Waals surface area contributed by atoms with Gasteiger partial charge in [-0.15, -0.1) is 0 Å². The number of hydrogen-bond acceptors (Lipinski definition) is 3. The van der Waals surface area contributed by atoms with E-state index in [9.17, 15) is 9.90 Å². The number of nitrogens with zero attached hydrogens (tertiary/aromatic N) is 2. The van der Waals surface area contributed by atoms with E-state index in [1.54, 1.807) is 12.1 Å². The molecule has 1 fully saturated rings. The summed E-state index contributed by atoms with van der Waals surface area (Å²) in [6.07, 6.45) is 8.24. The van der Waals surface area contributed by atoms with E-state index in [2.05, 4.69) is 15.7 Å². The topological polar surface area (TPSA) is 79.2 Å². The number of carbonyl (C=O) groups excluding carboxylic acids is 1. The molecule has 0 radical (unpaired) electrons. The first-order valence-electron chi connectivity index (χ1n) is 9.00. The molecule has 1 aromatic carbocycles. The van der Waals surface area contributed by atoms with Crippen LogP contribution in [0, 0.1) is 6.92 Å². The predicted molar refractivity (Wildman–Crippen MR) is 97.9 cm³/mol. The van der Waals surface area contributed by atoms with Crippen LogP contribution in [0.1, 0.15) is 49.3 Å². The van der Waals surface area contributed by atoms with Gasteiger partial charge in [0.25, 0.3) is 0 Å². The lowest BCUT2D eigenvalue weighted by Crippen LogP contribution is -2.31. The van der Waals surface area contributed by atoms with Gasteiger partial charge in [0.15, 0.2) is 0 Å². The molecule has 0 atom stereocenters. The monoisotopic (exact) mass is 342 g/mol. The maximum absolute atomic E-state index is 12.2. The van der Waals surface area contributed by atoms with Gasteiger partial charge in [-0.1, -0.05) is 25.0 Å². The lowest BCUT2D eigenvalue weighted by Gasteiger charge is -2.16. The van der Waals surface area contributed by atoms with E-state index in [0.717, 1.165) is 42.6 Å². The van der Waals surface area contributed by atoms with Crippen molar-refractivity contribution in [2.75, 3.05) is 11.9 Å². The number of nitrogens with one attached hydrogen (secondary N) is 2. The van der Waals surface area contributed by atoms with E-state index in [-0.39, 0.29) is 11.8 Å². The minimum absolute atomic E-state index is 0.187. The summed E-state index contributed by atoms with van der Waals surface area (Å²) in [6.45, 7) is 2.57. The second kappa shape index (κ2) is 8.05. The molecular weight excluding hydrogens is 316 g/mol. The van der Waals surface area contributed by atoms with Crippen molar-refractivity contribution >= 4 is 11.8 Å². The maximum Gasteiger partial charge on any atom is 0.320 e. The highest BCUT2D eigenvalue weighted by atomic mass is 16.3. The predicted octanol–water partition coefficient (Wildman–Crippen LogP) is 3.77. The summed E-state index contributed by atoms with van der Waals surface area (Å²) in [7, 11) is 0. The van der Waals surface area contributed by atoms with Crippen LogP contribution in [-0.4, -0.2) is 27.5 Å². The molecule has 0 saturated heterocycles. The molecule has 134 valence electrons. The van der Waals surface area contributed by atoms with Crippen LogP contribution in [0.2, 0.25) is 0 Å². The number of benzene rings is 1. The largest absolute Gasteiger partial charge is 0.508 e. The number of rotatable bonds is 6. The average molecular weight is 342 g/mol. The molecule has 0 aliphatic heterocycles. The fraction of sp³-hybridized carbons (Fsp3) is 0.474. The summed E-state index contributed by atoms with van der Waals surface area (Å²) in [5.41, 5.74) is 2.14. The second-order valence-corrected chi connectivity index (χ2v) is 6.71. The van der Waals surface area contributed by atoms with Gasteiger partial charge in [-0.05, 0) is 50.3 Å². The lowest BCUT2D eigenvalue weighted by molar-refractivity contribution is 0.251. The summed E-state index contributed by atoms with van der Waals surface area (Å²) in [6, 6.07) is 7.38. The normalized spacial score (nSPS) is 14.6. The van der Waals surface area contributed by atoms with E-state index < -0.39 is 0 Å². The third-order valence-electron chi connectivity index (χ3n) is 4.75. The van der Waals surface area contributed by atoms with Crippen molar-refractivity contribution in [3.05, 3.63) is 41.6 Å². The Morgan fingerprint density at radius 3 is 2.72 bits per heavy atom. The van der Waals surface area contributed by atoms with Gasteiger partial charge in [0, 0.05) is 12.1 Å². The Hall–Kier alpha value is -2.50. The molecule has 1 aromatic heterocycles. The number of phenols is 1. The Balaban J connectivity index is 1.46. The summed E-state index contributed by atoms with van der Waals surface area (Å²) in [4.78, 5) is 12.2.